The molecule has 2 atom stereocenters. The van der Waals surface area contributed by atoms with Crippen LogP contribution in [0.15, 0.2) is 48.9 Å². The van der Waals surface area contributed by atoms with Crippen LogP contribution in [0.25, 0.3) is 0 Å². The van der Waals surface area contributed by atoms with Gasteiger partial charge in [-0.25, -0.2) is 4.98 Å². The van der Waals surface area contributed by atoms with Gasteiger partial charge in [-0.05, 0) is 17.9 Å². The Morgan fingerprint density at radius 2 is 1.82 bits per heavy atom. The van der Waals surface area contributed by atoms with Crippen LogP contribution in [0.2, 0.25) is 0 Å². The van der Waals surface area contributed by atoms with Crippen molar-refractivity contribution >= 4 is 18.9 Å². The van der Waals surface area contributed by atoms with Gasteiger partial charge in [-0.3, -0.25) is 14.6 Å². The fourth-order valence-electron chi connectivity index (χ4n) is 3.64. The van der Waals surface area contributed by atoms with E-state index in [1.54, 1.807) is 0 Å². The number of nitrogens with one attached hydrogen (secondary N) is 3. The van der Waals surface area contributed by atoms with Gasteiger partial charge in [0.05, 0.1) is 12.1 Å². The molecule has 0 bridgehead atoms. The highest BCUT2D eigenvalue weighted by Gasteiger charge is 2.35. The van der Waals surface area contributed by atoms with Gasteiger partial charge in [-0.1, -0.05) is 44.2 Å². The van der Waals surface area contributed by atoms with Crippen molar-refractivity contribution in [2.24, 2.45) is 5.92 Å². The van der Waals surface area contributed by atoms with E-state index in [1.165, 1.54) is 18.6 Å². The predicted molar refractivity (Wildman–Crippen MR) is 125 cm³/mol. The van der Waals surface area contributed by atoms with E-state index in [-0.39, 0.29) is 17.5 Å². The van der Waals surface area contributed by atoms with Gasteiger partial charge in [0.15, 0.2) is 0 Å². The molecule has 0 spiro atoms. The molecule has 1 aromatic carbocycles. The third-order valence-electron chi connectivity index (χ3n) is 5.20. The number of benzene rings is 1. The molecule has 2 amide bonds. The fourth-order valence-corrected chi connectivity index (χ4v) is 3.64. The molecule has 10 heteroatoms. The Kier molecular flexibility index (Phi) is 9.80. The number of amides is 2. The topological polar surface area (TPSA) is 114 Å². The molecular formula is C23H32BN5O4. The van der Waals surface area contributed by atoms with Crippen molar-refractivity contribution in [3.63, 3.8) is 0 Å². The van der Waals surface area contributed by atoms with E-state index in [4.69, 9.17) is 9.31 Å². The minimum atomic E-state index is -0.799. The van der Waals surface area contributed by atoms with Gasteiger partial charge in [0, 0.05) is 45.1 Å². The maximum Gasteiger partial charge on any atom is 0.480 e. The lowest BCUT2D eigenvalue weighted by atomic mass is 9.73. The summed E-state index contributed by atoms with van der Waals surface area (Å²) in [7, 11) is -0.550. The number of carbonyl (C=O) groups excluding carboxylic acids is 2. The maximum atomic E-state index is 13.4. The highest BCUT2D eigenvalue weighted by molar-refractivity contribution is 6.47. The molecule has 0 aliphatic carbocycles. The monoisotopic (exact) mass is 453 g/mol. The van der Waals surface area contributed by atoms with Gasteiger partial charge in [0.2, 0.25) is 5.91 Å². The van der Waals surface area contributed by atoms with Crippen LogP contribution in [0, 0.1) is 5.92 Å². The van der Waals surface area contributed by atoms with Crippen LogP contribution in [0.1, 0.15) is 36.3 Å². The molecule has 1 aliphatic rings. The van der Waals surface area contributed by atoms with Gasteiger partial charge >= 0.3 is 7.12 Å². The van der Waals surface area contributed by atoms with Crippen LogP contribution >= 0.6 is 0 Å². The Morgan fingerprint density at radius 1 is 1.09 bits per heavy atom. The molecule has 33 heavy (non-hydrogen) atoms. The normalized spacial score (nSPS) is 16.4. The Balaban J connectivity index is 1.76. The minimum Gasteiger partial charge on any atom is -0.408 e. The number of nitrogens with zero attached hydrogens (tertiary/aromatic N) is 2. The van der Waals surface area contributed by atoms with Crippen LogP contribution in [-0.2, 0) is 20.5 Å². The van der Waals surface area contributed by atoms with E-state index in [0.29, 0.717) is 32.0 Å². The van der Waals surface area contributed by atoms with E-state index >= 15 is 0 Å². The van der Waals surface area contributed by atoms with E-state index in [1.807, 2.05) is 30.3 Å². The van der Waals surface area contributed by atoms with Gasteiger partial charge in [-0.15, -0.1) is 0 Å². The zero-order valence-electron chi connectivity index (χ0n) is 19.2. The van der Waals surface area contributed by atoms with Crippen LogP contribution in [-0.4, -0.2) is 67.2 Å². The van der Waals surface area contributed by atoms with Crippen molar-refractivity contribution in [1.82, 2.24) is 25.9 Å². The summed E-state index contributed by atoms with van der Waals surface area (Å²) in [6, 6.07) is 8.77. The molecule has 2 heterocycles. The molecule has 2 aromatic rings. The second-order valence-electron chi connectivity index (χ2n) is 8.41. The minimum absolute atomic E-state index is 0.154. The van der Waals surface area contributed by atoms with E-state index < -0.39 is 19.1 Å². The molecule has 176 valence electrons. The lowest BCUT2D eigenvalue weighted by Gasteiger charge is -2.29. The number of hydrogen-bond donors (Lipinski definition) is 3. The summed E-state index contributed by atoms with van der Waals surface area (Å²) < 4.78 is 11.8. The lowest BCUT2D eigenvalue weighted by Crippen LogP contribution is -2.57. The zero-order chi connectivity index (χ0) is 23.5. The van der Waals surface area contributed by atoms with E-state index in [2.05, 4.69) is 39.8 Å². The van der Waals surface area contributed by atoms with Crippen LogP contribution in [0.4, 0.5) is 0 Å². The van der Waals surface area contributed by atoms with Crippen molar-refractivity contribution in [2.45, 2.75) is 38.7 Å². The predicted octanol–water partition coefficient (Wildman–Crippen LogP) is 1.01. The number of aromatic nitrogens is 2. The van der Waals surface area contributed by atoms with Gasteiger partial charge in [0.1, 0.15) is 11.7 Å². The van der Waals surface area contributed by atoms with E-state index in [0.717, 1.165) is 18.7 Å². The number of hydrogen-bond acceptors (Lipinski definition) is 7. The van der Waals surface area contributed by atoms with Crippen molar-refractivity contribution in [2.75, 3.05) is 26.3 Å². The summed E-state index contributed by atoms with van der Waals surface area (Å²) in [6.45, 7) is 6.61. The Bertz CT molecular complexity index is 864. The molecule has 1 aromatic heterocycles. The molecule has 0 saturated carbocycles. The van der Waals surface area contributed by atoms with Crippen molar-refractivity contribution in [3.05, 3.63) is 60.2 Å². The fraction of sp³-hybridized carbons (Fsp3) is 0.478. The average molecular weight is 453 g/mol. The first-order valence-electron chi connectivity index (χ1n) is 11.4. The summed E-state index contributed by atoms with van der Waals surface area (Å²) in [5, 5.41) is 9.12. The van der Waals surface area contributed by atoms with Crippen LogP contribution in [0.3, 0.4) is 0 Å². The summed E-state index contributed by atoms with van der Waals surface area (Å²) in [4.78, 5) is 34.1. The smallest absolute Gasteiger partial charge is 0.408 e. The Hall–Kier alpha value is -2.82. The standard InChI is InChI=1S/C23H32BN5O4/c1-17(2)14-21(24-32-12-10-25-11-13-33-24)29-22(30)19(15-18-6-4-3-5-7-18)28-23(31)20-16-26-8-9-27-20/h3-9,16-17,19,21,25H,10-15H2,1-2H3,(H,28,31)(H,29,30)/t19?,21-/m0/s1. The SMILES string of the molecule is CC(C)C[C@H](NC(=O)C(Cc1ccccc1)NC(=O)c1cnccn1)B1OCCNCCO1. The van der Waals surface area contributed by atoms with Gasteiger partial charge in [0.25, 0.3) is 5.91 Å². The summed E-state index contributed by atoms with van der Waals surface area (Å²) >= 11 is 0. The summed E-state index contributed by atoms with van der Waals surface area (Å²) in [6.07, 6.45) is 5.33. The molecule has 1 aliphatic heterocycles. The van der Waals surface area contributed by atoms with Crippen LogP contribution < -0.4 is 16.0 Å². The molecule has 1 unspecified atom stereocenters. The molecule has 1 fully saturated rings. The first-order chi connectivity index (χ1) is 16.0. The lowest BCUT2D eigenvalue weighted by molar-refractivity contribution is -0.123. The molecule has 9 nitrogen and oxygen atoms in total. The van der Waals surface area contributed by atoms with Gasteiger partial charge in [-0.2, -0.15) is 0 Å². The highest BCUT2D eigenvalue weighted by Crippen LogP contribution is 2.12. The second kappa shape index (κ2) is 13.0. The highest BCUT2D eigenvalue weighted by atomic mass is 16.6. The summed E-state index contributed by atoms with van der Waals surface area (Å²) in [5.74, 6) is -0.784. The maximum absolute atomic E-state index is 13.4. The third-order valence-corrected chi connectivity index (χ3v) is 5.20. The molecule has 3 rings (SSSR count). The summed E-state index contributed by atoms with van der Waals surface area (Å²) in [5.41, 5.74) is 1.09. The van der Waals surface area contributed by atoms with Crippen molar-refractivity contribution in [1.29, 1.82) is 0 Å². The van der Waals surface area contributed by atoms with Crippen molar-refractivity contribution in [3.8, 4) is 0 Å². The van der Waals surface area contributed by atoms with Gasteiger partial charge < -0.3 is 25.3 Å². The van der Waals surface area contributed by atoms with Crippen molar-refractivity contribution < 1.29 is 18.9 Å². The van der Waals surface area contributed by atoms with E-state index in [9.17, 15) is 9.59 Å². The zero-order valence-corrected chi connectivity index (χ0v) is 19.2. The Morgan fingerprint density at radius 3 is 2.45 bits per heavy atom. The number of rotatable bonds is 9. The largest absolute Gasteiger partial charge is 0.480 e. The second-order valence-corrected chi connectivity index (χ2v) is 8.41. The first-order valence-corrected chi connectivity index (χ1v) is 11.4. The third kappa shape index (κ3) is 8.23. The number of carbonyl (C=O) groups is 2. The molecule has 0 radical (unpaired) electrons. The molecule has 3 N–H and O–H groups in total. The Labute approximate surface area is 195 Å². The first kappa shape index (κ1) is 24.8. The van der Waals surface area contributed by atoms with Crippen LogP contribution in [0.5, 0.6) is 0 Å². The average Bonchev–Trinajstić information content (AvgIpc) is 2.79. The molecule has 1 saturated heterocycles. The molecular weight excluding hydrogens is 421 g/mol. The quantitative estimate of drug-likeness (QED) is 0.486.